The summed E-state index contributed by atoms with van der Waals surface area (Å²) in [5.41, 5.74) is 24.3. The van der Waals surface area contributed by atoms with Gasteiger partial charge in [0, 0.05) is 92.7 Å². The van der Waals surface area contributed by atoms with Crippen LogP contribution in [0.5, 0.6) is 5.75 Å². The lowest BCUT2D eigenvalue weighted by Gasteiger charge is -2.38. The molecule has 0 spiro atoms. The topological polar surface area (TPSA) is 189 Å². The number of morpholine rings is 1. The molecular formula is C46H59N9O5. The van der Waals surface area contributed by atoms with E-state index in [9.17, 15) is 19.5 Å². The molecule has 14 nitrogen and oxygen atoms in total. The van der Waals surface area contributed by atoms with E-state index in [2.05, 4.69) is 33.8 Å². The molecule has 0 aliphatic carbocycles. The second-order valence-electron chi connectivity index (χ2n) is 16.3. The van der Waals surface area contributed by atoms with E-state index in [0.29, 0.717) is 68.2 Å². The van der Waals surface area contributed by atoms with E-state index < -0.39 is 0 Å². The molecule has 4 saturated heterocycles. The Morgan fingerprint density at radius 3 is 2.17 bits per heavy atom. The van der Waals surface area contributed by atoms with Crippen LogP contribution in [-0.4, -0.2) is 108 Å². The number of carbonyl (C=O) groups is 3. The first-order chi connectivity index (χ1) is 29.0. The summed E-state index contributed by atoms with van der Waals surface area (Å²) in [5.74, 6) is 0.916. The molecule has 4 amide bonds. The van der Waals surface area contributed by atoms with Crippen molar-refractivity contribution in [2.24, 2.45) is 23.1 Å². The zero-order chi connectivity index (χ0) is 42.3. The van der Waals surface area contributed by atoms with Gasteiger partial charge in [0.05, 0.1) is 30.1 Å². The number of hydrogen-bond acceptors (Lipinski definition) is 10. The minimum absolute atomic E-state index is 0.123. The summed E-state index contributed by atoms with van der Waals surface area (Å²) in [4.78, 5) is 45.5. The Morgan fingerprint density at radius 2 is 1.50 bits per heavy atom. The van der Waals surface area contributed by atoms with Gasteiger partial charge in [-0.05, 0) is 93.5 Å². The van der Waals surface area contributed by atoms with Crippen molar-refractivity contribution in [3.05, 3.63) is 113 Å². The first-order valence-corrected chi connectivity index (χ1v) is 21.1. The maximum atomic E-state index is 13.0. The number of aromatic hydroxyl groups is 1. The molecule has 1 aromatic heterocycles. The molecule has 3 aromatic carbocycles. The number of ether oxygens (including phenoxy) is 1. The monoisotopic (exact) mass is 817 g/mol. The molecule has 0 saturated carbocycles. The van der Waals surface area contributed by atoms with Crippen LogP contribution in [0, 0.1) is 19.8 Å². The van der Waals surface area contributed by atoms with E-state index in [1.165, 1.54) is 5.69 Å². The Bertz CT molecular complexity index is 2240. The standard InChI is InChI=1S/C32H39N5O3.C14H20N4O2/c1-22-6-3-4-7-26(22)31(39)35-17-10-24(11-18-35)21-34-15-12-25(13-16-34)37-23(2)20-27-28(8-5-9-29(27)37)36-19-14-30(38)33-32(36)40;15-11(10-3-1-2-4-13(10)19)9-12(14(16)17)18-5-7-20-8-6-18/h3-9,20,24-25H,10-19,21H2,1-2H3,(H,33,38,40);1-4,9,19H,5-8,15-17H2/b;11-9-. The van der Waals surface area contributed by atoms with Crippen LogP contribution in [-0.2, 0) is 9.53 Å². The van der Waals surface area contributed by atoms with Crippen molar-refractivity contribution in [3.8, 4) is 5.75 Å². The molecule has 8 rings (SSSR count). The van der Waals surface area contributed by atoms with Crippen LogP contribution in [0.3, 0.4) is 0 Å². The molecule has 0 atom stereocenters. The number of imide groups is 1. The van der Waals surface area contributed by atoms with Crippen LogP contribution in [0.25, 0.3) is 16.6 Å². The number of allylic oxidation sites excluding steroid dienone is 1. The average Bonchev–Trinajstić information content (AvgIpc) is 3.60. The Balaban J connectivity index is 0.000000229. The highest BCUT2D eigenvalue weighted by molar-refractivity contribution is 6.09. The summed E-state index contributed by atoms with van der Waals surface area (Å²) < 4.78 is 7.76. The van der Waals surface area contributed by atoms with Gasteiger partial charge in [0.1, 0.15) is 11.6 Å². The fourth-order valence-corrected chi connectivity index (χ4v) is 9.01. The minimum Gasteiger partial charge on any atom is -0.507 e. The van der Waals surface area contributed by atoms with Crippen LogP contribution in [0.1, 0.15) is 65.3 Å². The van der Waals surface area contributed by atoms with E-state index in [0.717, 1.165) is 86.1 Å². The lowest BCUT2D eigenvalue weighted by atomic mass is 9.94. The number of carbonyl (C=O) groups excluding carboxylic acids is 3. The normalized spacial score (nSPS) is 18.6. The largest absolute Gasteiger partial charge is 0.507 e. The molecule has 4 aliphatic heterocycles. The second-order valence-corrected chi connectivity index (χ2v) is 16.3. The van der Waals surface area contributed by atoms with Gasteiger partial charge in [-0.2, -0.15) is 0 Å². The number of benzene rings is 3. The molecule has 4 aromatic rings. The third kappa shape index (κ3) is 9.55. The maximum Gasteiger partial charge on any atom is 0.328 e. The van der Waals surface area contributed by atoms with Gasteiger partial charge < -0.3 is 46.3 Å². The molecule has 0 radical (unpaired) electrons. The van der Waals surface area contributed by atoms with Crippen molar-refractivity contribution in [2.75, 3.05) is 70.5 Å². The number of anilines is 1. The molecular weight excluding hydrogens is 759 g/mol. The highest BCUT2D eigenvalue weighted by Gasteiger charge is 2.30. The van der Waals surface area contributed by atoms with Crippen LogP contribution >= 0.6 is 0 Å². The third-order valence-electron chi connectivity index (χ3n) is 12.3. The number of hydrogen-bond donors (Lipinski definition) is 5. The number of fused-ring (bicyclic) bond motifs is 1. The summed E-state index contributed by atoms with van der Waals surface area (Å²) in [7, 11) is 0. The molecule has 8 N–H and O–H groups in total. The molecule has 14 heteroatoms. The van der Waals surface area contributed by atoms with Crippen LogP contribution in [0.4, 0.5) is 10.5 Å². The number of rotatable bonds is 8. The van der Waals surface area contributed by atoms with Crippen LogP contribution < -0.4 is 27.4 Å². The Labute approximate surface area is 352 Å². The van der Waals surface area contributed by atoms with Gasteiger partial charge in [-0.25, -0.2) is 4.79 Å². The number of likely N-dealkylation sites (tertiary alicyclic amines) is 2. The van der Waals surface area contributed by atoms with Crippen LogP contribution in [0.15, 0.2) is 90.4 Å². The van der Waals surface area contributed by atoms with Crippen molar-refractivity contribution < 1.29 is 24.2 Å². The third-order valence-corrected chi connectivity index (χ3v) is 12.3. The zero-order valence-electron chi connectivity index (χ0n) is 34.8. The molecule has 318 valence electrons. The van der Waals surface area contributed by atoms with Crippen molar-refractivity contribution in [1.82, 2.24) is 24.6 Å². The first-order valence-electron chi connectivity index (χ1n) is 21.1. The zero-order valence-corrected chi connectivity index (χ0v) is 34.8. The van der Waals surface area contributed by atoms with Gasteiger partial charge in [0.25, 0.3) is 5.91 Å². The second kappa shape index (κ2) is 18.9. The summed E-state index contributed by atoms with van der Waals surface area (Å²) >= 11 is 0. The highest BCUT2D eigenvalue weighted by Crippen LogP contribution is 2.36. The van der Waals surface area contributed by atoms with Gasteiger partial charge >= 0.3 is 6.03 Å². The summed E-state index contributed by atoms with van der Waals surface area (Å²) in [5, 5.41) is 13.3. The number of phenols is 1. The van der Waals surface area contributed by atoms with E-state index >= 15 is 0 Å². The Morgan fingerprint density at radius 1 is 0.817 bits per heavy atom. The minimum atomic E-state index is -0.340. The lowest BCUT2D eigenvalue weighted by Crippen LogP contribution is -2.49. The summed E-state index contributed by atoms with van der Waals surface area (Å²) in [6, 6.07) is 23.2. The Hall–Kier alpha value is -5.99. The van der Waals surface area contributed by atoms with Crippen LogP contribution in [0.2, 0.25) is 0 Å². The quantitative estimate of drug-likeness (QED) is 0.151. The first kappa shape index (κ1) is 42.1. The molecule has 4 aliphatic rings. The number of piperidine rings is 2. The van der Waals surface area contributed by atoms with Gasteiger partial charge in [-0.1, -0.05) is 36.4 Å². The number of amides is 4. The summed E-state index contributed by atoms with van der Waals surface area (Å²) in [6.07, 6.45) is 6.34. The van der Waals surface area contributed by atoms with Crippen molar-refractivity contribution in [1.29, 1.82) is 0 Å². The maximum absolute atomic E-state index is 13.0. The van der Waals surface area contributed by atoms with E-state index in [-0.39, 0.29) is 29.4 Å². The van der Waals surface area contributed by atoms with Gasteiger partial charge in [-0.15, -0.1) is 0 Å². The van der Waals surface area contributed by atoms with E-state index in [4.69, 9.17) is 21.9 Å². The number of aromatic nitrogens is 1. The molecule has 5 heterocycles. The van der Waals surface area contributed by atoms with Gasteiger partial charge in [-0.3, -0.25) is 19.8 Å². The number of aryl methyl sites for hydroxylation is 2. The number of urea groups is 1. The predicted molar refractivity (Wildman–Crippen MR) is 235 cm³/mol. The smallest absolute Gasteiger partial charge is 0.328 e. The highest BCUT2D eigenvalue weighted by atomic mass is 16.5. The summed E-state index contributed by atoms with van der Waals surface area (Å²) in [6.45, 7) is 12.2. The number of phenolic OH excluding ortho intramolecular Hbond substituents is 1. The number of nitrogens with zero attached hydrogens (tertiary/aromatic N) is 5. The van der Waals surface area contributed by atoms with Gasteiger partial charge in [0.2, 0.25) is 5.91 Å². The number of nitrogens with two attached hydrogens (primary N) is 3. The van der Waals surface area contributed by atoms with Crippen molar-refractivity contribution in [2.45, 2.75) is 52.0 Å². The number of para-hydroxylation sites is 1. The molecule has 60 heavy (non-hydrogen) atoms. The van der Waals surface area contributed by atoms with E-state index in [1.54, 1.807) is 35.2 Å². The number of nitrogens with one attached hydrogen (secondary N) is 1. The SMILES string of the molecule is Cc1ccccc1C(=O)N1CCC(CN2CCC(n3c(C)cc4c(N5CCC(=O)NC5=O)cccc43)CC2)CC1.NC(N)=C(/C=C(\N)c1ccccc1O)N1CCOCC1. The fraction of sp³-hybridized carbons (Fsp3) is 0.413. The Kier molecular flexibility index (Phi) is 13.3. The predicted octanol–water partition coefficient (Wildman–Crippen LogP) is 5.00. The molecule has 0 bridgehead atoms. The molecule has 0 unspecified atom stereocenters. The lowest BCUT2D eigenvalue weighted by molar-refractivity contribution is -0.120. The van der Waals surface area contributed by atoms with Crippen molar-refractivity contribution >= 4 is 40.1 Å². The van der Waals surface area contributed by atoms with Crippen molar-refractivity contribution in [3.63, 3.8) is 0 Å². The molecule has 4 fully saturated rings. The fourth-order valence-electron chi connectivity index (χ4n) is 9.01. The average molecular weight is 818 g/mol. The van der Waals surface area contributed by atoms with Gasteiger partial charge in [0.15, 0.2) is 0 Å². The van der Waals surface area contributed by atoms with E-state index in [1.807, 2.05) is 53.1 Å².